The lowest BCUT2D eigenvalue weighted by molar-refractivity contribution is 0.0173. The van der Waals surface area contributed by atoms with Crippen LogP contribution in [0, 0.1) is 0 Å². The summed E-state index contributed by atoms with van der Waals surface area (Å²) >= 11 is 0. The van der Waals surface area contributed by atoms with Crippen molar-refractivity contribution in [3.8, 4) is 0 Å². The number of nitrogens with zero attached hydrogens (tertiary/aromatic N) is 1. The number of oxazole rings is 1. The first-order valence-corrected chi connectivity index (χ1v) is 5.81. The zero-order valence-electron chi connectivity index (χ0n) is 11.1. The van der Waals surface area contributed by atoms with Gasteiger partial charge in [0.15, 0.2) is 5.89 Å². The molecular weight excluding hydrogens is 260 g/mol. The molecule has 0 aliphatic rings. The van der Waals surface area contributed by atoms with E-state index >= 15 is 0 Å². The molecule has 1 N–H and O–H groups in total. The Hall–Kier alpha value is -1.50. The van der Waals surface area contributed by atoms with Crippen LogP contribution in [-0.4, -0.2) is 35.7 Å². The largest absolute Gasteiger partial charge is 0.475 e. The van der Waals surface area contributed by atoms with Gasteiger partial charge in [0.05, 0.1) is 12.3 Å². The lowest BCUT2D eigenvalue weighted by Crippen LogP contribution is -2.16. The number of aromatic nitrogens is 1. The van der Waals surface area contributed by atoms with E-state index in [-0.39, 0.29) is 24.7 Å². The van der Waals surface area contributed by atoms with Crippen LogP contribution in [0.3, 0.4) is 0 Å². The summed E-state index contributed by atoms with van der Waals surface area (Å²) < 4.78 is 33.5. The van der Waals surface area contributed by atoms with Gasteiger partial charge in [-0.05, 0) is 0 Å². The van der Waals surface area contributed by atoms with Crippen LogP contribution in [0.25, 0.3) is 0 Å². The molecule has 0 aromatic carbocycles. The smallest absolute Gasteiger partial charge is 0.373 e. The molecule has 1 aromatic rings. The van der Waals surface area contributed by atoms with Crippen molar-refractivity contribution in [2.75, 3.05) is 13.2 Å². The zero-order chi connectivity index (χ0) is 14.6. The maximum Gasteiger partial charge on any atom is 0.373 e. The first-order valence-electron chi connectivity index (χ1n) is 5.81. The molecule has 0 fully saturated rings. The van der Waals surface area contributed by atoms with Crippen LogP contribution in [0.15, 0.2) is 4.42 Å². The number of carboxylic acids is 1. The van der Waals surface area contributed by atoms with Crippen LogP contribution in [0.5, 0.6) is 0 Å². The van der Waals surface area contributed by atoms with Gasteiger partial charge in [-0.2, -0.15) is 0 Å². The summed E-state index contributed by atoms with van der Waals surface area (Å²) in [4.78, 5) is 15.1. The van der Waals surface area contributed by atoms with Gasteiger partial charge in [0, 0.05) is 11.8 Å². The predicted octanol–water partition coefficient (Wildman–Crippen LogP) is 2.49. The third-order valence-corrected chi connectivity index (χ3v) is 2.28. The van der Waals surface area contributed by atoms with E-state index in [0.717, 1.165) is 0 Å². The highest BCUT2D eigenvalue weighted by atomic mass is 19.3. The molecule has 0 atom stereocenters. The summed E-state index contributed by atoms with van der Waals surface area (Å²) in [7, 11) is 0. The van der Waals surface area contributed by atoms with Gasteiger partial charge in [0.2, 0.25) is 5.76 Å². The lowest BCUT2D eigenvalue weighted by atomic mass is 9.91. The fourth-order valence-corrected chi connectivity index (χ4v) is 1.46. The Balaban J connectivity index is 2.73. The molecule has 19 heavy (non-hydrogen) atoms. The van der Waals surface area contributed by atoms with Crippen molar-refractivity contribution in [3.63, 3.8) is 0 Å². The normalized spacial score (nSPS) is 12.1. The SMILES string of the molecule is CC(C)(C)c1nc(CCOCC(F)F)oc1C(=O)O. The van der Waals surface area contributed by atoms with Crippen molar-refractivity contribution in [1.82, 2.24) is 4.98 Å². The van der Waals surface area contributed by atoms with E-state index in [1.165, 1.54) is 0 Å². The second-order valence-corrected chi connectivity index (χ2v) is 5.06. The molecule has 0 saturated heterocycles. The van der Waals surface area contributed by atoms with Crippen molar-refractivity contribution in [1.29, 1.82) is 0 Å². The third-order valence-electron chi connectivity index (χ3n) is 2.28. The Morgan fingerprint density at radius 2 is 2.11 bits per heavy atom. The first kappa shape index (κ1) is 15.6. The van der Waals surface area contributed by atoms with Crippen molar-refractivity contribution in [3.05, 3.63) is 17.3 Å². The van der Waals surface area contributed by atoms with Gasteiger partial charge < -0.3 is 14.3 Å². The van der Waals surface area contributed by atoms with Gasteiger partial charge in [0.1, 0.15) is 6.61 Å². The summed E-state index contributed by atoms with van der Waals surface area (Å²) in [6.45, 7) is 4.79. The second-order valence-electron chi connectivity index (χ2n) is 5.06. The maximum atomic E-state index is 11.8. The van der Waals surface area contributed by atoms with Gasteiger partial charge >= 0.3 is 5.97 Å². The Bertz CT molecular complexity index is 437. The van der Waals surface area contributed by atoms with Gasteiger partial charge in [-0.3, -0.25) is 0 Å². The van der Waals surface area contributed by atoms with Gasteiger partial charge in [-0.1, -0.05) is 20.8 Å². The highest BCUT2D eigenvalue weighted by molar-refractivity contribution is 5.86. The molecule has 1 aromatic heterocycles. The quantitative estimate of drug-likeness (QED) is 0.809. The molecule has 0 unspecified atom stereocenters. The molecule has 0 aliphatic carbocycles. The van der Waals surface area contributed by atoms with E-state index in [2.05, 4.69) is 4.98 Å². The van der Waals surface area contributed by atoms with E-state index in [1.807, 2.05) is 20.8 Å². The highest BCUT2D eigenvalue weighted by Crippen LogP contribution is 2.26. The Morgan fingerprint density at radius 1 is 1.47 bits per heavy atom. The van der Waals surface area contributed by atoms with E-state index in [1.54, 1.807) is 0 Å². The monoisotopic (exact) mass is 277 g/mol. The van der Waals surface area contributed by atoms with E-state index in [4.69, 9.17) is 14.3 Å². The first-order chi connectivity index (χ1) is 8.71. The maximum absolute atomic E-state index is 11.8. The molecule has 0 saturated carbocycles. The molecule has 1 heterocycles. The number of carboxylic acid groups (broad SMARTS) is 1. The number of ether oxygens (including phenoxy) is 1. The fourth-order valence-electron chi connectivity index (χ4n) is 1.46. The van der Waals surface area contributed by atoms with Gasteiger partial charge in [-0.25, -0.2) is 18.6 Å². The lowest BCUT2D eigenvalue weighted by Gasteiger charge is -2.14. The summed E-state index contributed by atoms with van der Waals surface area (Å²) in [5.74, 6) is -1.23. The molecule has 0 amide bonds. The minimum atomic E-state index is -2.52. The number of hydrogen-bond acceptors (Lipinski definition) is 4. The molecule has 0 radical (unpaired) electrons. The summed E-state index contributed by atoms with van der Waals surface area (Å²) in [6, 6.07) is 0. The van der Waals surface area contributed by atoms with Crippen molar-refractivity contribution >= 4 is 5.97 Å². The average Bonchev–Trinajstić information content (AvgIpc) is 2.68. The van der Waals surface area contributed by atoms with E-state index in [0.29, 0.717) is 5.69 Å². The van der Waals surface area contributed by atoms with Crippen LogP contribution in [-0.2, 0) is 16.6 Å². The van der Waals surface area contributed by atoms with Gasteiger partial charge in [-0.15, -0.1) is 0 Å². The van der Waals surface area contributed by atoms with Crippen LogP contribution >= 0.6 is 0 Å². The Kier molecular flexibility index (Phi) is 4.99. The number of aromatic carboxylic acids is 1. The van der Waals surface area contributed by atoms with Crippen molar-refractivity contribution in [2.45, 2.75) is 39.0 Å². The molecule has 5 nitrogen and oxygen atoms in total. The summed E-state index contributed by atoms with van der Waals surface area (Å²) in [6.07, 6.45) is -2.37. The number of halogens is 2. The molecule has 0 bridgehead atoms. The summed E-state index contributed by atoms with van der Waals surface area (Å²) in [5, 5.41) is 9.02. The summed E-state index contributed by atoms with van der Waals surface area (Å²) in [5.41, 5.74) is -0.136. The van der Waals surface area contributed by atoms with Crippen molar-refractivity contribution in [2.24, 2.45) is 0 Å². The molecule has 0 aliphatic heterocycles. The second kappa shape index (κ2) is 6.10. The Labute approximate surface area is 109 Å². The van der Waals surface area contributed by atoms with Crippen molar-refractivity contribution < 1.29 is 27.8 Å². The third kappa shape index (κ3) is 4.59. The van der Waals surface area contributed by atoms with Crippen LogP contribution < -0.4 is 0 Å². The van der Waals surface area contributed by atoms with Gasteiger partial charge in [0.25, 0.3) is 6.43 Å². The number of carbonyl (C=O) groups is 1. The molecule has 0 spiro atoms. The topological polar surface area (TPSA) is 72.6 Å². The minimum absolute atomic E-state index is 0.00744. The van der Waals surface area contributed by atoms with Crippen LogP contribution in [0.2, 0.25) is 0 Å². The molecule has 7 heteroatoms. The highest BCUT2D eigenvalue weighted by Gasteiger charge is 2.28. The predicted molar refractivity (Wildman–Crippen MR) is 62.7 cm³/mol. The fraction of sp³-hybridized carbons (Fsp3) is 0.667. The molecule has 108 valence electrons. The minimum Gasteiger partial charge on any atom is -0.475 e. The average molecular weight is 277 g/mol. The number of rotatable bonds is 6. The number of hydrogen-bond donors (Lipinski definition) is 1. The van der Waals surface area contributed by atoms with E-state index < -0.39 is 24.4 Å². The van der Waals surface area contributed by atoms with Crippen LogP contribution in [0.4, 0.5) is 8.78 Å². The van der Waals surface area contributed by atoms with E-state index in [9.17, 15) is 13.6 Å². The van der Waals surface area contributed by atoms with Crippen LogP contribution in [0.1, 0.15) is 42.9 Å². The molecule has 1 rings (SSSR count). The number of alkyl halides is 2. The standard InChI is InChI=1S/C12H17F2NO4/c1-12(2,3)10-9(11(16)17)19-8(15-10)4-5-18-6-7(13)14/h7H,4-6H2,1-3H3,(H,16,17). The Morgan fingerprint density at radius 3 is 2.53 bits per heavy atom. The zero-order valence-corrected chi connectivity index (χ0v) is 11.1. The molecular formula is C12H17F2NO4.